The Morgan fingerprint density at radius 3 is 3.00 bits per heavy atom. The van der Waals surface area contributed by atoms with Crippen LogP contribution in [0.25, 0.3) is 6.20 Å². The summed E-state index contributed by atoms with van der Waals surface area (Å²) in [5.74, 6) is 1.24. The molecule has 0 aromatic carbocycles. The molecule has 1 aromatic rings. The maximum Gasteiger partial charge on any atom is 0.258 e. The van der Waals surface area contributed by atoms with E-state index in [1.165, 1.54) is 18.7 Å². The summed E-state index contributed by atoms with van der Waals surface area (Å²) in [5, 5.41) is 0. The fourth-order valence-electron chi connectivity index (χ4n) is 1.09. The lowest BCUT2D eigenvalue weighted by Crippen LogP contribution is -3.00. The second kappa shape index (κ2) is 5.84. The van der Waals surface area contributed by atoms with E-state index in [2.05, 4.69) is 18.5 Å². The van der Waals surface area contributed by atoms with Crippen LogP contribution in [-0.2, 0) is 6.42 Å². The minimum absolute atomic E-state index is 0. The zero-order valence-electron chi connectivity index (χ0n) is 7.39. The fourth-order valence-corrected chi connectivity index (χ4v) is 1.09. The quantitative estimate of drug-likeness (QED) is 0.568. The summed E-state index contributed by atoms with van der Waals surface area (Å²) in [7, 11) is 0. The van der Waals surface area contributed by atoms with E-state index in [4.69, 9.17) is 0 Å². The van der Waals surface area contributed by atoms with Gasteiger partial charge in [0.15, 0.2) is 0 Å². The van der Waals surface area contributed by atoms with Gasteiger partial charge in [-0.1, -0.05) is 19.9 Å². The molecule has 0 saturated heterocycles. The molecule has 1 heterocycles. The number of hydrogen-bond acceptors (Lipinski definition) is 0. The number of H-pyrrole nitrogens is 1. The van der Waals surface area contributed by atoms with Crippen LogP contribution in [-0.4, -0.2) is 4.98 Å². The van der Waals surface area contributed by atoms with Crippen molar-refractivity contribution >= 4 is 6.20 Å². The van der Waals surface area contributed by atoms with Crippen LogP contribution >= 0.6 is 0 Å². The first-order valence-corrected chi connectivity index (χ1v) is 4.08. The smallest absolute Gasteiger partial charge is 0.258 e. The van der Waals surface area contributed by atoms with Gasteiger partial charge in [0.1, 0.15) is 12.4 Å². The lowest BCUT2D eigenvalue weighted by Gasteiger charge is -1.91. The van der Waals surface area contributed by atoms with E-state index in [9.17, 15) is 0 Å². The Kier molecular flexibility index (Phi) is 5.47. The van der Waals surface area contributed by atoms with Gasteiger partial charge >= 0.3 is 0 Å². The Morgan fingerprint density at radius 1 is 1.67 bits per heavy atom. The van der Waals surface area contributed by atoms with Crippen molar-refractivity contribution in [3.8, 4) is 0 Å². The predicted octanol–water partition coefficient (Wildman–Crippen LogP) is -1.25. The minimum Gasteiger partial charge on any atom is -1.00 e. The van der Waals surface area contributed by atoms with Gasteiger partial charge in [0.2, 0.25) is 0 Å². The average Bonchev–Trinajstić information content (AvgIpc) is 2.47. The molecule has 0 aliphatic rings. The maximum absolute atomic E-state index is 3.71. The molecule has 1 N–H and O–H groups in total. The van der Waals surface area contributed by atoms with Crippen LogP contribution in [0.1, 0.15) is 25.6 Å². The SMILES string of the molecule is C=C[n+]1cc[nH]c1CCCC.[Cl-]. The Labute approximate surface area is 79.7 Å². The molecule has 0 aliphatic heterocycles. The van der Waals surface area contributed by atoms with Crippen LogP contribution in [0.2, 0.25) is 0 Å². The molecule has 0 atom stereocenters. The lowest BCUT2D eigenvalue weighted by molar-refractivity contribution is -0.575. The largest absolute Gasteiger partial charge is 1.00 e. The number of unbranched alkanes of at least 4 members (excludes halogenated alkanes) is 1. The van der Waals surface area contributed by atoms with E-state index in [0.717, 1.165) is 6.42 Å². The molecular weight excluding hydrogens is 172 g/mol. The molecule has 0 unspecified atom stereocenters. The molecule has 0 bridgehead atoms. The standard InChI is InChI=1S/C9H14N2.ClH/c1-3-5-6-9-10-7-8-11(9)4-2;/h4,7-8H,2-3,5-6H2,1H3;1H. The molecule has 68 valence electrons. The van der Waals surface area contributed by atoms with Crippen molar-refractivity contribution in [2.75, 3.05) is 0 Å². The number of aromatic amines is 1. The highest BCUT2D eigenvalue weighted by atomic mass is 35.5. The van der Waals surface area contributed by atoms with Gasteiger partial charge in [-0.3, -0.25) is 0 Å². The molecule has 0 radical (unpaired) electrons. The second-order valence-corrected chi connectivity index (χ2v) is 2.60. The number of hydrogen-bond donors (Lipinski definition) is 1. The Hall–Kier alpha value is -0.760. The summed E-state index contributed by atoms with van der Waals surface area (Å²) in [4.78, 5) is 3.18. The van der Waals surface area contributed by atoms with E-state index in [1.54, 1.807) is 0 Å². The predicted molar refractivity (Wildman–Crippen MR) is 46.0 cm³/mol. The summed E-state index contributed by atoms with van der Waals surface area (Å²) in [6, 6.07) is 0. The van der Waals surface area contributed by atoms with Crippen molar-refractivity contribution in [1.82, 2.24) is 4.98 Å². The second-order valence-electron chi connectivity index (χ2n) is 2.60. The van der Waals surface area contributed by atoms with Crippen molar-refractivity contribution in [1.29, 1.82) is 0 Å². The van der Waals surface area contributed by atoms with Gasteiger partial charge in [0.05, 0.1) is 6.20 Å². The topological polar surface area (TPSA) is 19.7 Å². The third-order valence-electron chi connectivity index (χ3n) is 1.76. The van der Waals surface area contributed by atoms with E-state index in [-0.39, 0.29) is 12.4 Å². The van der Waals surface area contributed by atoms with Crippen molar-refractivity contribution < 1.29 is 17.0 Å². The average molecular weight is 187 g/mol. The van der Waals surface area contributed by atoms with Crippen molar-refractivity contribution in [2.45, 2.75) is 26.2 Å². The van der Waals surface area contributed by atoms with E-state index < -0.39 is 0 Å². The molecule has 0 spiro atoms. The first-order valence-electron chi connectivity index (χ1n) is 4.08. The Bertz CT molecular complexity index is 230. The summed E-state index contributed by atoms with van der Waals surface area (Å²) in [6.07, 6.45) is 9.31. The first kappa shape index (κ1) is 11.2. The van der Waals surface area contributed by atoms with Gasteiger partial charge in [0, 0.05) is 6.42 Å². The van der Waals surface area contributed by atoms with Crippen molar-refractivity contribution in [2.24, 2.45) is 0 Å². The number of halogens is 1. The molecule has 0 saturated carbocycles. The van der Waals surface area contributed by atoms with Gasteiger partial charge in [0.25, 0.3) is 5.82 Å². The number of aromatic nitrogens is 2. The zero-order valence-corrected chi connectivity index (χ0v) is 8.14. The Morgan fingerprint density at radius 2 is 2.42 bits per heavy atom. The highest BCUT2D eigenvalue weighted by molar-refractivity contribution is 4.97. The van der Waals surface area contributed by atoms with E-state index >= 15 is 0 Å². The van der Waals surface area contributed by atoms with Crippen LogP contribution in [0.5, 0.6) is 0 Å². The molecule has 0 aliphatic carbocycles. The molecule has 0 amide bonds. The van der Waals surface area contributed by atoms with Crippen LogP contribution < -0.4 is 17.0 Å². The molecule has 0 fully saturated rings. The van der Waals surface area contributed by atoms with Crippen LogP contribution in [0.4, 0.5) is 0 Å². The van der Waals surface area contributed by atoms with Crippen LogP contribution in [0, 0.1) is 0 Å². The Balaban J connectivity index is 0.00000121. The molecule has 1 rings (SSSR count). The number of imidazole rings is 1. The highest BCUT2D eigenvalue weighted by Crippen LogP contribution is 1.95. The highest BCUT2D eigenvalue weighted by Gasteiger charge is 2.05. The first-order chi connectivity index (χ1) is 5.38. The summed E-state index contributed by atoms with van der Waals surface area (Å²) >= 11 is 0. The normalized spacial score (nSPS) is 9.08. The summed E-state index contributed by atoms with van der Waals surface area (Å²) in [6.45, 7) is 5.91. The van der Waals surface area contributed by atoms with Gasteiger partial charge < -0.3 is 12.4 Å². The zero-order chi connectivity index (χ0) is 8.10. The monoisotopic (exact) mass is 186 g/mol. The van der Waals surface area contributed by atoms with Gasteiger partial charge in [-0.2, -0.15) is 0 Å². The van der Waals surface area contributed by atoms with Crippen LogP contribution in [0.15, 0.2) is 19.0 Å². The molecule has 2 nitrogen and oxygen atoms in total. The molecule has 3 heteroatoms. The maximum atomic E-state index is 3.71. The molecule has 1 aromatic heterocycles. The fraction of sp³-hybridized carbons (Fsp3) is 0.444. The molecule has 12 heavy (non-hydrogen) atoms. The number of rotatable bonds is 4. The van der Waals surface area contributed by atoms with Crippen LogP contribution in [0.3, 0.4) is 0 Å². The van der Waals surface area contributed by atoms with Gasteiger partial charge in [-0.15, -0.1) is 0 Å². The van der Waals surface area contributed by atoms with Gasteiger partial charge in [-0.05, 0) is 6.42 Å². The summed E-state index contributed by atoms with van der Waals surface area (Å²) < 4.78 is 2.02. The lowest BCUT2D eigenvalue weighted by atomic mass is 10.2. The number of nitrogens with one attached hydrogen (secondary N) is 1. The summed E-state index contributed by atoms with van der Waals surface area (Å²) in [5.41, 5.74) is 0. The minimum atomic E-state index is 0. The van der Waals surface area contributed by atoms with Gasteiger partial charge in [-0.25, -0.2) is 9.55 Å². The van der Waals surface area contributed by atoms with E-state index in [1.807, 2.05) is 23.2 Å². The van der Waals surface area contributed by atoms with Crippen molar-refractivity contribution in [3.05, 3.63) is 24.8 Å². The van der Waals surface area contributed by atoms with Crippen molar-refractivity contribution in [3.63, 3.8) is 0 Å². The van der Waals surface area contributed by atoms with E-state index in [0.29, 0.717) is 0 Å². The number of nitrogens with zero attached hydrogens (tertiary/aromatic N) is 1. The number of aryl methyl sites for hydroxylation is 1. The molecular formula is C9H15ClN2. The third kappa shape index (κ3) is 2.70. The third-order valence-corrected chi connectivity index (χ3v) is 1.76.